The molecule has 3 N–H and O–H groups in total. The van der Waals surface area contributed by atoms with Crippen molar-refractivity contribution in [2.75, 3.05) is 11.9 Å². The molecule has 5 rings (SSSR count). The molecule has 0 radical (unpaired) electrons. The van der Waals surface area contributed by atoms with Gasteiger partial charge >= 0.3 is 6.18 Å². The normalized spacial score (nSPS) is 15.6. The molecule has 40 heavy (non-hydrogen) atoms. The van der Waals surface area contributed by atoms with Crippen LogP contribution in [0.5, 0.6) is 0 Å². The third-order valence-corrected chi connectivity index (χ3v) is 7.07. The number of carbonyl (C=O) groups excluding carboxylic acids is 2. The van der Waals surface area contributed by atoms with Crippen molar-refractivity contribution in [2.24, 2.45) is 0 Å². The van der Waals surface area contributed by atoms with Crippen molar-refractivity contribution in [3.63, 3.8) is 0 Å². The van der Waals surface area contributed by atoms with Gasteiger partial charge in [0, 0.05) is 17.8 Å². The maximum Gasteiger partial charge on any atom is 0.416 e. The molecule has 4 aromatic rings. The Kier molecular flexibility index (Phi) is 7.71. The van der Waals surface area contributed by atoms with Crippen LogP contribution in [0.25, 0.3) is 11.1 Å². The number of fused-ring (bicyclic) bond motifs is 1. The molecule has 2 atom stereocenters. The Bertz CT molecular complexity index is 1520. The molecular weight excluding hydrogens is 515 g/mol. The summed E-state index contributed by atoms with van der Waals surface area (Å²) < 4.78 is 39.0. The standard InChI is InChI=1S/C32H28F3N3O2/c1-20(21-7-3-2-4-8-21)37-31(40)29-27-16-15-25(19-23(27)17-18-36-29)38-30(39)28-10-6-5-9-26(28)22-11-13-24(14-12-22)32(33,34)35/h2-16,19-20,29,36H,17-18H2,1H3,(H,37,40)(H,38,39)/t20-,29?/m1/s1. The zero-order valence-corrected chi connectivity index (χ0v) is 21.8. The van der Waals surface area contributed by atoms with Gasteiger partial charge in [0.15, 0.2) is 0 Å². The van der Waals surface area contributed by atoms with Crippen LogP contribution in [0.2, 0.25) is 0 Å². The minimum absolute atomic E-state index is 0.125. The molecule has 0 aliphatic carbocycles. The number of anilines is 1. The molecule has 0 spiro atoms. The summed E-state index contributed by atoms with van der Waals surface area (Å²) in [6.45, 7) is 2.55. The van der Waals surface area contributed by atoms with E-state index < -0.39 is 17.8 Å². The molecule has 2 amide bonds. The van der Waals surface area contributed by atoms with Crippen LogP contribution in [0.15, 0.2) is 97.1 Å². The molecule has 204 valence electrons. The number of benzene rings is 4. The van der Waals surface area contributed by atoms with Crippen LogP contribution in [0, 0.1) is 0 Å². The molecule has 0 saturated carbocycles. The zero-order valence-electron chi connectivity index (χ0n) is 21.8. The van der Waals surface area contributed by atoms with E-state index in [1.165, 1.54) is 12.1 Å². The smallest absolute Gasteiger partial charge is 0.348 e. The topological polar surface area (TPSA) is 70.2 Å². The summed E-state index contributed by atoms with van der Waals surface area (Å²) in [5, 5.41) is 9.27. The van der Waals surface area contributed by atoms with Gasteiger partial charge in [0.25, 0.3) is 5.91 Å². The molecule has 5 nitrogen and oxygen atoms in total. The van der Waals surface area contributed by atoms with Crippen LogP contribution in [0.3, 0.4) is 0 Å². The minimum atomic E-state index is -4.43. The van der Waals surface area contributed by atoms with Crippen LogP contribution in [0.1, 0.15) is 51.6 Å². The quantitative estimate of drug-likeness (QED) is 0.254. The first-order valence-corrected chi connectivity index (χ1v) is 13.0. The summed E-state index contributed by atoms with van der Waals surface area (Å²) in [5.74, 6) is -0.505. The van der Waals surface area contributed by atoms with Crippen molar-refractivity contribution in [3.8, 4) is 11.1 Å². The highest BCUT2D eigenvalue weighted by Crippen LogP contribution is 2.32. The lowest BCUT2D eigenvalue weighted by molar-refractivity contribution is -0.137. The predicted octanol–water partition coefficient (Wildman–Crippen LogP) is 6.69. The van der Waals surface area contributed by atoms with E-state index in [0.29, 0.717) is 35.3 Å². The van der Waals surface area contributed by atoms with E-state index >= 15 is 0 Å². The SMILES string of the molecule is C[C@@H](NC(=O)C1NCCc2cc(NC(=O)c3ccccc3-c3ccc(C(F)(F)F)cc3)ccc21)c1ccccc1. The molecule has 0 saturated heterocycles. The van der Waals surface area contributed by atoms with E-state index in [1.807, 2.05) is 49.4 Å². The average molecular weight is 544 g/mol. The molecule has 1 heterocycles. The fourth-order valence-electron chi connectivity index (χ4n) is 4.97. The first kappa shape index (κ1) is 27.1. The van der Waals surface area contributed by atoms with E-state index in [2.05, 4.69) is 16.0 Å². The van der Waals surface area contributed by atoms with Crippen molar-refractivity contribution >= 4 is 17.5 Å². The van der Waals surface area contributed by atoms with Gasteiger partial charge in [-0.15, -0.1) is 0 Å². The first-order chi connectivity index (χ1) is 19.2. The van der Waals surface area contributed by atoms with Crippen LogP contribution >= 0.6 is 0 Å². The Morgan fingerprint density at radius 3 is 2.33 bits per heavy atom. The fraction of sp³-hybridized carbons (Fsp3) is 0.188. The second-order valence-electron chi connectivity index (χ2n) is 9.77. The van der Waals surface area contributed by atoms with E-state index in [1.54, 1.807) is 30.3 Å². The monoisotopic (exact) mass is 543 g/mol. The van der Waals surface area contributed by atoms with Crippen molar-refractivity contribution in [3.05, 3.63) is 125 Å². The average Bonchev–Trinajstić information content (AvgIpc) is 2.96. The van der Waals surface area contributed by atoms with Crippen LogP contribution in [0.4, 0.5) is 18.9 Å². The highest BCUT2D eigenvalue weighted by Gasteiger charge is 2.30. The summed E-state index contributed by atoms with van der Waals surface area (Å²) >= 11 is 0. The van der Waals surface area contributed by atoms with Gasteiger partial charge in [0.2, 0.25) is 5.91 Å². The van der Waals surface area contributed by atoms with Gasteiger partial charge in [-0.25, -0.2) is 0 Å². The van der Waals surface area contributed by atoms with E-state index in [-0.39, 0.29) is 17.9 Å². The summed E-state index contributed by atoms with van der Waals surface area (Å²) in [7, 11) is 0. The van der Waals surface area contributed by atoms with Crippen LogP contribution in [-0.2, 0) is 17.4 Å². The van der Waals surface area contributed by atoms with Gasteiger partial charge < -0.3 is 16.0 Å². The van der Waals surface area contributed by atoms with E-state index in [0.717, 1.165) is 28.8 Å². The fourth-order valence-corrected chi connectivity index (χ4v) is 4.97. The van der Waals surface area contributed by atoms with Gasteiger partial charge in [0.05, 0.1) is 11.6 Å². The molecule has 8 heteroatoms. The molecule has 0 aromatic heterocycles. The molecule has 1 aliphatic rings. The van der Waals surface area contributed by atoms with Gasteiger partial charge in [0.1, 0.15) is 6.04 Å². The molecule has 4 aromatic carbocycles. The van der Waals surface area contributed by atoms with Crippen molar-refractivity contribution in [1.82, 2.24) is 10.6 Å². The van der Waals surface area contributed by atoms with Crippen LogP contribution in [-0.4, -0.2) is 18.4 Å². The second kappa shape index (κ2) is 11.4. The second-order valence-corrected chi connectivity index (χ2v) is 9.77. The van der Waals surface area contributed by atoms with Crippen molar-refractivity contribution < 1.29 is 22.8 Å². The number of rotatable bonds is 6. The van der Waals surface area contributed by atoms with Crippen molar-refractivity contribution in [1.29, 1.82) is 0 Å². The van der Waals surface area contributed by atoms with Gasteiger partial charge in [-0.2, -0.15) is 13.2 Å². The summed E-state index contributed by atoms with van der Waals surface area (Å²) in [6, 6.07) is 26.1. The molecular formula is C32H28F3N3O2. The summed E-state index contributed by atoms with van der Waals surface area (Å²) in [6.07, 6.45) is -3.74. The maximum absolute atomic E-state index is 13.3. The van der Waals surface area contributed by atoms with Crippen molar-refractivity contribution in [2.45, 2.75) is 31.6 Å². The Labute approximate surface area is 230 Å². The molecule has 0 bridgehead atoms. The van der Waals surface area contributed by atoms with E-state index in [9.17, 15) is 22.8 Å². The van der Waals surface area contributed by atoms with Gasteiger partial charge in [-0.1, -0.05) is 66.7 Å². The largest absolute Gasteiger partial charge is 0.416 e. The number of hydrogen-bond donors (Lipinski definition) is 3. The maximum atomic E-state index is 13.3. The number of alkyl halides is 3. The Morgan fingerprint density at radius 2 is 1.60 bits per heavy atom. The van der Waals surface area contributed by atoms with E-state index in [4.69, 9.17) is 0 Å². The third-order valence-electron chi connectivity index (χ3n) is 7.07. The molecule has 1 unspecified atom stereocenters. The predicted molar refractivity (Wildman–Crippen MR) is 149 cm³/mol. The number of nitrogens with one attached hydrogen (secondary N) is 3. The lowest BCUT2D eigenvalue weighted by atomic mass is 9.92. The zero-order chi connectivity index (χ0) is 28.3. The lowest BCUT2D eigenvalue weighted by Crippen LogP contribution is -2.42. The highest BCUT2D eigenvalue weighted by molar-refractivity contribution is 6.08. The number of hydrogen-bond acceptors (Lipinski definition) is 3. The van der Waals surface area contributed by atoms with Gasteiger partial charge in [-0.05, 0) is 71.5 Å². The van der Waals surface area contributed by atoms with Crippen LogP contribution < -0.4 is 16.0 Å². The Hall–Kier alpha value is -4.43. The lowest BCUT2D eigenvalue weighted by Gasteiger charge is -2.28. The molecule has 1 aliphatic heterocycles. The Morgan fingerprint density at radius 1 is 0.900 bits per heavy atom. The summed E-state index contributed by atoms with van der Waals surface area (Å²) in [5.41, 5.74) is 4.03. The highest BCUT2D eigenvalue weighted by atomic mass is 19.4. The minimum Gasteiger partial charge on any atom is -0.348 e. The molecule has 0 fully saturated rings. The number of halogens is 3. The first-order valence-electron chi connectivity index (χ1n) is 13.0. The van der Waals surface area contributed by atoms with Gasteiger partial charge in [-0.3, -0.25) is 9.59 Å². The number of amides is 2. The Balaban J connectivity index is 1.32. The summed E-state index contributed by atoms with van der Waals surface area (Å²) in [4.78, 5) is 26.4. The number of carbonyl (C=O) groups is 2. The third kappa shape index (κ3) is 5.92.